The van der Waals surface area contributed by atoms with Gasteiger partial charge in [0.1, 0.15) is 5.69 Å². The van der Waals surface area contributed by atoms with Gasteiger partial charge in [-0.3, -0.25) is 9.89 Å². The molecule has 2 rings (SSSR count). The second kappa shape index (κ2) is 2.06. The molecule has 2 heterocycles. The molecule has 0 fully saturated rings. The molecular weight excluding hydrogens is 146 g/mol. The van der Waals surface area contributed by atoms with Crippen LogP contribution in [0, 0.1) is 0 Å². The average molecular weight is 153 g/mol. The zero-order valence-corrected chi connectivity index (χ0v) is 5.92. The fourth-order valence-electron chi connectivity index (χ4n) is 1.13. The van der Waals surface area contributed by atoms with Gasteiger partial charge in [0.05, 0.1) is 11.8 Å². The van der Waals surface area contributed by atoms with Crippen LogP contribution in [0.4, 0.5) is 0 Å². The van der Waals surface area contributed by atoms with Crippen molar-refractivity contribution >= 4 is 5.91 Å². The maximum atomic E-state index is 11.0. The second-order valence-corrected chi connectivity index (χ2v) is 2.29. The van der Waals surface area contributed by atoms with Gasteiger partial charge in [0, 0.05) is 7.11 Å². The molecule has 1 amide bonds. The van der Waals surface area contributed by atoms with Crippen molar-refractivity contribution in [3.05, 3.63) is 17.5 Å². The van der Waals surface area contributed by atoms with Gasteiger partial charge in [0.2, 0.25) is 0 Å². The quantitative estimate of drug-likeness (QED) is 0.587. The van der Waals surface area contributed by atoms with E-state index in [2.05, 4.69) is 15.5 Å². The first-order chi connectivity index (χ1) is 5.33. The minimum absolute atomic E-state index is 0.163. The van der Waals surface area contributed by atoms with Crippen LogP contribution in [0.1, 0.15) is 22.3 Å². The summed E-state index contributed by atoms with van der Waals surface area (Å²) in [7, 11) is 1.53. The molecule has 0 aliphatic carbocycles. The van der Waals surface area contributed by atoms with E-state index in [1.54, 1.807) is 6.20 Å². The summed E-state index contributed by atoms with van der Waals surface area (Å²) in [5, 5.41) is 8.93. The molecule has 0 spiro atoms. The average Bonchev–Trinajstić information content (AvgIpc) is 2.54. The van der Waals surface area contributed by atoms with Crippen molar-refractivity contribution in [3.63, 3.8) is 0 Å². The summed E-state index contributed by atoms with van der Waals surface area (Å²) in [4.78, 5) is 11.0. The van der Waals surface area contributed by atoms with Gasteiger partial charge >= 0.3 is 0 Å². The van der Waals surface area contributed by atoms with Crippen molar-refractivity contribution in [2.45, 2.75) is 6.23 Å². The fraction of sp³-hybridized carbons (Fsp3) is 0.333. The van der Waals surface area contributed by atoms with Gasteiger partial charge in [-0.15, -0.1) is 0 Å². The van der Waals surface area contributed by atoms with Crippen LogP contribution in [0.3, 0.4) is 0 Å². The second-order valence-electron chi connectivity index (χ2n) is 2.29. The van der Waals surface area contributed by atoms with Gasteiger partial charge in [0.15, 0.2) is 6.23 Å². The molecule has 11 heavy (non-hydrogen) atoms. The molecule has 1 aromatic heterocycles. The molecule has 0 radical (unpaired) electrons. The van der Waals surface area contributed by atoms with E-state index >= 15 is 0 Å². The number of hydrogen-bond donors (Lipinski definition) is 2. The van der Waals surface area contributed by atoms with Gasteiger partial charge in [-0.1, -0.05) is 0 Å². The van der Waals surface area contributed by atoms with Gasteiger partial charge in [-0.05, 0) is 0 Å². The monoisotopic (exact) mass is 153 g/mol. The highest BCUT2D eigenvalue weighted by Gasteiger charge is 2.29. The Hall–Kier alpha value is -1.36. The van der Waals surface area contributed by atoms with E-state index in [0.29, 0.717) is 5.69 Å². The van der Waals surface area contributed by atoms with Crippen LogP contribution in [-0.2, 0) is 4.74 Å². The van der Waals surface area contributed by atoms with Gasteiger partial charge < -0.3 is 10.1 Å². The number of carbonyl (C=O) groups is 1. The lowest BCUT2D eigenvalue weighted by Crippen LogP contribution is -2.20. The number of aromatic amines is 1. The predicted octanol–water partition coefficient (Wildman–Crippen LogP) is -0.202. The normalized spacial score (nSPS) is 21.5. The largest absolute Gasteiger partial charge is 0.357 e. The summed E-state index contributed by atoms with van der Waals surface area (Å²) in [5.41, 5.74) is 1.27. The Morgan fingerprint density at radius 3 is 3.27 bits per heavy atom. The topological polar surface area (TPSA) is 67.0 Å². The molecule has 1 atom stereocenters. The van der Waals surface area contributed by atoms with Crippen molar-refractivity contribution in [1.29, 1.82) is 0 Å². The van der Waals surface area contributed by atoms with Crippen LogP contribution in [0.5, 0.6) is 0 Å². The van der Waals surface area contributed by atoms with Gasteiger partial charge in [0.25, 0.3) is 5.91 Å². The number of amides is 1. The summed E-state index contributed by atoms with van der Waals surface area (Å²) in [6.07, 6.45) is 1.25. The zero-order chi connectivity index (χ0) is 7.84. The lowest BCUT2D eigenvalue weighted by Gasteiger charge is -2.05. The van der Waals surface area contributed by atoms with Gasteiger partial charge in [-0.25, -0.2) is 0 Å². The van der Waals surface area contributed by atoms with Crippen molar-refractivity contribution in [3.8, 4) is 0 Å². The highest BCUT2D eigenvalue weighted by atomic mass is 16.5. The third-order valence-corrected chi connectivity index (χ3v) is 1.68. The number of ether oxygens (including phenoxy) is 1. The lowest BCUT2D eigenvalue weighted by molar-refractivity contribution is 0.0662. The number of fused-ring (bicyclic) bond motifs is 1. The Kier molecular flexibility index (Phi) is 1.19. The number of nitrogens with zero attached hydrogens (tertiary/aromatic N) is 1. The van der Waals surface area contributed by atoms with Crippen molar-refractivity contribution < 1.29 is 9.53 Å². The number of hydrogen-bond acceptors (Lipinski definition) is 3. The van der Waals surface area contributed by atoms with E-state index in [-0.39, 0.29) is 12.1 Å². The minimum atomic E-state index is -0.337. The SMILES string of the molecule is COC1NC(=O)c2[nH]ncc21. The molecule has 0 saturated heterocycles. The van der Waals surface area contributed by atoms with Crippen LogP contribution >= 0.6 is 0 Å². The van der Waals surface area contributed by atoms with E-state index in [9.17, 15) is 4.79 Å². The molecule has 1 unspecified atom stereocenters. The van der Waals surface area contributed by atoms with Crippen LogP contribution in [0.15, 0.2) is 6.20 Å². The predicted molar refractivity (Wildman–Crippen MR) is 35.8 cm³/mol. The Balaban J connectivity index is 2.45. The first kappa shape index (κ1) is 6.36. The molecule has 58 valence electrons. The third-order valence-electron chi connectivity index (χ3n) is 1.68. The molecule has 1 aliphatic rings. The lowest BCUT2D eigenvalue weighted by atomic mass is 10.3. The molecule has 1 aromatic rings. The first-order valence-corrected chi connectivity index (χ1v) is 3.20. The Bertz CT molecular complexity index is 294. The smallest absolute Gasteiger partial charge is 0.272 e. The molecule has 5 heteroatoms. The molecule has 1 aliphatic heterocycles. The molecule has 5 nitrogen and oxygen atoms in total. The summed E-state index contributed by atoms with van der Waals surface area (Å²) in [6.45, 7) is 0. The minimum Gasteiger partial charge on any atom is -0.357 e. The number of carbonyl (C=O) groups excluding carboxylic acids is 1. The van der Waals surface area contributed by atoms with Crippen LogP contribution in [-0.4, -0.2) is 23.2 Å². The van der Waals surface area contributed by atoms with Gasteiger partial charge in [-0.2, -0.15) is 5.10 Å². The number of nitrogens with one attached hydrogen (secondary N) is 2. The number of rotatable bonds is 1. The van der Waals surface area contributed by atoms with E-state index < -0.39 is 0 Å². The Labute approximate surface area is 62.7 Å². The Morgan fingerprint density at radius 2 is 2.55 bits per heavy atom. The van der Waals surface area contributed by atoms with Crippen LogP contribution in [0.2, 0.25) is 0 Å². The highest BCUT2D eigenvalue weighted by molar-refractivity contribution is 5.96. The fourth-order valence-corrected chi connectivity index (χ4v) is 1.13. The van der Waals surface area contributed by atoms with Crippen molar-refractivity contribution in [2.24, 2.45) is 0 Å². The van der Waals surface area contributed by atoms with E-state index in [0.717, 1.165) is 5.56 Å². The Morgan fingerprint density at radius 1 is 1.73 bits per heavy atom. The van der Waals surface area contributed by atoms with E-state index in [1.807, 2.05) is 0 Å². The third kappa shape index (κ3) is 0.743. The van der Waals surface area contributed by atoms with E-state index in [1.165, 1.54) is 7.11 Å². The van der Waals surface area contributed by atoms with E-state index in [4.69, 9.17) is 4.74 Å². The van der Waals surface area contributed by atoms with Crippen LogP contribution in [0.25, 0.3) is 0 Å². The maximum Gasteiger partial charge on any atom is 0.272 e. The molecule has 0 bridgehead atoms. The standard InChI is InChI=1S/C6H7N3O2/c1-11-6-3-2-7-9-4(3)5(10)8-6/h2,6H,1H3,(H,7,9)(H,8,10). The number of aromatic nitrogens is 2. The van der Waals surface area contributed by atoms with Crippen molar-refractivity contribution in [2.75, 3.05) is 7.11 Å². The molecule has 0 aromatic carbocycles. The molecule has 0 saturated carbocycles. The summed E-state index contributed by atoms with van der Waals surface area (Å²) >= 11 is 0. The highest BCUT2D eigenvalue weighted by Crippen LogP contribution is 2.22. The summed E-state index contributed by atoms with van der Waals surface area (Å²) < 4.78 is 4.97. The summed E-state index contributed by atoms with van der Waals surface area (Å²) in [6, 6.07) is 0. The van der Waals surface area contributed by atoms with Crippen molar-refractivity contribution in [1.82, 2.24) is 15.5 Å². The maximum absolute atomic E-state index is 11.0. The number of H-pyrrole nitrogens is 1. The zero-order valence-electron chi connectivity index (χ0n) is 5.92. The molecular formula is C6H7N3O2. The first-order valence-electron chi connectivity index (χ1n) is 3.20. The summed E-state index contributed by atoms with van der Waals surface area (Å²) in [5.74, 6) is -0.163. The van der Waals surface area contributed by atoms with Crippen LogP contribution < -0.4 is 5.32 Å². The number of methoxy groups -OCH3 is 1. The molecule has 2 N–H and O–H groups in total.